The Morgan fingerprint density at radius 2 is 1.80 bits per heavy atom. The van der Waals surface area contributed by atoms with Crippen LogP contribution in [0.15, 0.2) is 36.4 Å². The van der Waals surface area contributed by atoms with Gasteiger partial charge in [-0.3, -0.25) is 14.2 Å². The smallest absolute Gasteiger partial charge is 0.307 e. The van der Waals surface area contributed by atoms with Crippen molar-refractivity contribution in [2.45, 2.75) is 13.3 Å². The summed E-state index contributed by atoms with van der Waals surface area (Å²) in [4.78, 5) is 24.0. The molecule has 0 bridgehead atoms. The lowest BCUT2D eigenvalue weighted by Gasteiger charge is -2.07. The molecule has 0 unspecified atom stereocenters. The van der Waals surface area contributed by atoms with E-state index in [2.05, 4.69) is 0 Å². The van der Waals surface area contributed by atoms with Gasteiger partial charge in [-0.05, 0) is 48.9 Å². The molecule has 0 radical (unpaired) electrons. The van der Waals surface area contributed by atoms with Crippen molar-refractivity contribution in [2.75, 3.05) is 0 Å². The number of carbonyl (C=O) groups is 2. The summed E-state index contributed by atoms with van der Waals surface area (Å²) in [5, 5.41) is 19.1. The number of aromatic nitrogens is 1. The number of hydrogen-bond acceptors (Lipinski definition) is 3. The van der Waals surface area contributed by atoms with Crippen LogP contribution in [0.4, 0.5) is 4.39 Å². The van der Waals surface area contributed by atoms with E-state index < -0.39 is 29.9 Å². The summed E-state index contributed by atoms with van der Waals surface area (Å²) in [6.45, 7) is 1.54. The number of hydrogen-bond donors (Lipinski definition) is 2. The normalized spacial score (nSPS) is 11.0. The van der Waals surface area contributed by atoms with Crippen molar-refractivity contribution in [3.63, 3.8) is 0 Å². The van der Waals surface area contributed by atoms with Gasteiger partial charge in [0.1, 0.15) is 0 Å². The van der Waals surface area contributed by atoms with Crippen LogP contribution in [-0.2, 0) is 11.2 Å². The van der Waals surface area contributed by atoms with E-state index in [1.165, 1.54) is 22.8 Å². The zero-order valence-corrected chi connectivity index (χ0v) is 13.8. The van der Waals surface area contributed by atoms with Crippen molar-refractivity contribution in [3.8, 4) is 5.75 Å². The monoisotopic (exact) mass is 361 g/mol. The molecule has 1 heterocycles. The summed E-state index contributed by atoms with van der Waals surface area (Å²) < 4.78 is 15.7. The average molecular weight is 362 g/mol. The molecule has 0 aliphatic carbocycles. The minimum atomic E-state index is -1.16. The maximum absolute atomic E-state index is 14.4. The number of phenols is 1. The van der Waals surface area contributed by atoms with E-state index in [1.807, 2.05) is 0 Å². The predicted molar refractivity (Wildman–Crippen MR) is 90.8 cm³/mol. The van der Waals surface area contributed by atoms with E-state index in [0.717, 1.165) is 6.07 Å². The first kappa shape index (κ1) is 17.0. The molecule has 3 rings (SSSR count). The number of carboxylic acid groups (broad SMARTS) is 1. The van der Waals surface area contributed by atoms with Gasteiger partial charge in [-0.1, -0.05) is 11.6 Å². The molecule has 25 heavy (non-hydrogen) atoms. The first-order valence-corrected chi connectivity index (χ1v) is 7.72. The van der Waals surface area contributed by atoms with Gasteiger partial charge in [0.05, 0.1) is 11.9 Å². The lowest BCUT2D eigenvalue weighted by atomic mass is 10.1. The summed E-state index contributed by atoms with van der Waals surface area (Å²) in [6.07, 6.45) is -0.469. The van der Waals surface area contributed by atoms with Gasteiger partial charge in [-0.2, -0.15) is 0 Å². The minimum absolute atomic E-state index is 0.0674. The first-order valence-electron chi connectivity index (χ1n) is 7.34. The number of nitrogens with zero attached hydrogens (tertiary/aromatic N) is 1. The molecule has 1 aromatic heterocycles. The number of carbonyl (C=O) groups excluding carboxylic acids is 1. The molecule has 0 spiro atoms. The van der Waals surface area contributed by atoms with Gasteiger partial charge < -0.3 is 10.2 Å². The van der Waals surface area contributed by atoms with Crippen molar-refractivity contribution in [2.24, 2.45) is 0 Å². The molecule has 0 atom stereocenters. The topological polar surface area (TPSA) is 79.5 Å². The lowest BCUT2D eigenvalue weighted by molar-refractivity contribution is -0.136. The van der Waals surface area contributed by atoms with E-state index >= 15 is 0 Å². The molecule has 128 valence electrons. The van der Waals surface area contributed by atoms with Gasteiger partial charge in [0.25, 0.3) is 5.91 Å². The summed E-state index contributed by atoms with van der Waals surface area (Å²) in [6, 6.07) is 8.70. The Labute approximate surface area is 146 Å². The quantitative estimate of drug-likeness (QED) is 0.744. The Bertz CT molecular complexity index is 1010. The van der Waals surface area contributed by atoms with Crippen LogP contribution in [0.1, 0.15) is 21.6 Å². The summed E-state index contributed by atoms with van der Waals surface area (Å²) in [7, 11) is 0. The zero-order chi connectivity index (χ0) is 18.3. The van der Waals surface area contributed by atoms with Crippen molar-refractivity contribution in [1.82, 2.24) is 4.57 Å². The Kier molecular flexibility index (Phi) is 4.22. The number of rotatable bonds is 3. The van der Waals surface area contributed by atoms with Crippen molar-refractivity contribution in [1.29, 1.82) is 0 Å². The van der Waals surface area contributed by atoms with Gasteiger partial charge in [0.2, 0.25) is 0 Å². The van der Waals surface area contributed by atoms with Crippen LogP contribution in [0.2, 0.25) is 5.02 Å². The van der Waals surface area contributed by atoms with Crippen molar-refractivity contribution in [3.05, 3.63) is 64.1 Å². The van der Waals surface area contributed by atoms with Gasteiger partial charge in [-0.15, -0.1) is 0 Å². The van der Waals surface area contributed by atoms with Gasteiger partial charge in [0.15, 0.2) is 11.6 Å². The fourth-order valence-corrected chi connectivity index (χ4v) is 3.00. The molecule has 0 aliphatic rings. The number of fused-ring (bicyclic) bond motifs is 1. The van der Waals surface area contributed by atoms with Crippen LogP contribution in [0.25, 0.3) is 10.9 Å². The van der Waals surface area contributed by atoms with Gasteiger partial charge >= 0.3 is 5.97 Å². The Morgan fingerprint density at radius 1 is 1.16 bits per heavy atom. The highest BCUT2D eigenvalue weighted by atomic mass is 35.5. The lowest BCUT2D eigenvalue weighted by Crippen LogP contribution is -2.14. The molecular formula is C18H13ClFNO4. The highest BCUT2D eigenvalue weighted by Gasteiger charge is 2.24. The van der Waals surface area contributed by atoms with Crippen molar-refractivity contribution >= 4 is 34.4 Å². The standard InChI is InChI=1S/C18H13ClFNO4/c1-9-12(8-15(23)24)16-13(6-7-14(22)17(16)20)21(9)18(25)10-2-4-11(19)5-3-10/h2-7,22H,8H2,1H3,(H,23,24). The fourth-order valence-electron chi connectivity index (χ4n) is 2.88. The predicted octanol–water partition coefficient (Wildman–Crippen LogP) is 3.76. The third-order valence-corrected chi connectivity index (χ3v) is 4.29. The number of benzene rings is 2. The van der Waals surface area contributed by atoms with Crippen molar-refractivity contribution < 1.29 is 24.2 Å². The van der Waals surface area contributed by atoms with E-state index in [-0.39, 0.29) is 16.5 Å². The maximum Gasteiger partial charge on any atom is 0.307 e. The maximum atomic E-state index is 14.4. The third kappa shape index (κ3) is 2.85. The Hall–Kier alpha value is -2.86. The summed E-state index contributed by atoms with van der Waals surface area (Å²) >= 11 is 5.83. The largest absolute Gasteiger partial charge is 0.505 e. The molecule has 3 aromatic rings. The molecule has 0 fully saturated rings. The molecule has 0 amide bonds. The van der Waals surface area contributed by atoms with E-state index in [0.29, 0.717) is 16.3 Å². The molecule has 0 aliphatic heterocycles. The molecule has 7 heteroatoms. The number of phenolic OH excluding ortho intramolecular Hbond substituents is 1. The second-order valence-electron chi connectivity index (χ2n) is 5.57. The zero-order valence-electron chi connectivity index (χ0n) is 13.1. The van der Waals surface area contributed by atoms with E-state index in [4.69, 9.17) is 16.7 Å². The molecule has 0 saturated heterocycles. The fraction of sp³-hybridized carbons (Fsp3) is 0.111. The highest BCUT2D eigenvalue weighted by Crippen LogP contribution is 2.33. The van der Waals surface area contributed by atoms with Gasteiger partial charge in [0, 0.05) is 21.7 Å². The second kappa shape index (κ2) is 6.22. The second-order valence-corrected chi connectivity index (χ2v) is 6.01. The van der Waals surface area contributed by atoms with Crippen LogP contribution in [0, 0.1) is 12.7 Å². The Balaban J connectivity index is 2.30. The van der Waals surface area contributed by atoms with E-state index in [9.17, 15) is 19.1 Å². The molecule has 5 nitrogen and oxygen atoms in total. The SMILES string of the molecule is Cc1c(CC(=O)O)c2c(F)c(O)ccc2n1C(=O)c1ccc(Cl)cc1. The molecule has 2 aromatic carbocycles. The van der Waals surface area contributed by atoms with Crippen LogP contribution >= 0.6 is 11.6 Å². The summed E-state index contributed by atoms with van der Waals surface area (Å²) in [5.74, 6) is -3.15. The molecular weight excluding hydrogens is 349 g/mol. The number of halogens is 2. The first-order chi connectivity index (χ1) is 11.8. The van der Waals surface area contributed by atoms with Crippen LogP contribution < -0.4 is 0 Å². The summed E-state index contributed by atoms with van der Waals surface area (Å²) in [5.41, 5.74) is 0.976. The molecule has 2 N–H and O–H groups in total. The van der Waals surface area contributed by atoms with Crippen LogP contribution in [-0.4, -0.2) is 26.7 Å². The molecule has 0 saturated carbocycles. The van der Waals surface area contributed by atoms with E-state index in [1.54, 1.807) is 19.1 Å². The van der Waals surface area contributed by atoms with Crippen LogP contribution in [0.5, 0.6) is 5.75 Å². The highest BCUT2D eigenvalue weighted by molar-refractivity contribution is 6.30. The third-order valence-electron chi connectivity index (χ3n) is 4.04. The minimum Gasteiger partial charge on any atom is -0.505 e. The average Bonchev–Trinajstić information content (AvgIpc) is 2.83. The van der Waals surface area contributed by atoms with Gasteiger partial charge in [-0.25, -0.2) is 4.39 Å². The number of carboxylic acids is 1. The number of aromatic hydroxyl groups is 1. The number of aliphatic carboxylic acids is 1. The Morgan fingerprint density at radius 3 is 2.40 bits per heavy atom. The van der Waals surface area contributed by atoms with Crippen LogP contribution in [0.3, 0.4) is 0 Å².